The van der Waals surface area contributed by atoms with Crippen LogP contribution < -0.4 is 20.2 Å². The predicted octanol–water partition coefficient (Wildman–Crippen LogP) is 5.45. The summed E-state index contributed by atoms with van der Waals surface area (Å²) in [5.41, 5.74) is 4.43. The second kappa shape index (κ2) is 12.6. The number of carbonyl (C=O) groups is 2. The molecule has 0 aliphatic heterocycles. The highest BCUT2D eigenvalue weighted by Gasteiger charge is 2.09. The lowest BCUT2D eigenvalue weighted by Crippen LogP contribution is -2.24. The van der Waals surface area contributed by atoms with Gasteiger partial charge in [-0.3, -0.25) is 9.59 Å². The summed E-state index contributed by atoms with van der Waals surface area (Å²) in [6.07, 6.45) is 1.08. The van der Waals surface area contributed by atoms with Crippen LogP contribution in [0, 0.1) is 0 Å². The highest BCUT2D eigenvalue weighted by atomic mass is 35.5. The fourth-order valence-electron chi connectivity index (χ4n) is 2.87. The number of hydrazone groups is 1. The molecule has 34 heavy (non-hydrogen) atoms. The molecule has 0 aliphatic rings. The molecule has 0 bridgehead atoms. The number of nitrogens with zero attached hydrogens (tertiary/aromatic N) is 1. The van der Waals surface area contributed by atoms with Gasteiger partial charge in [0.05, 0.1) is 22.9 Å². The van der Waals surface area contributed by atoms with Gasteiger partial charge in [-0.25, -0.2) is 5.43 Å². The molecule has 0 heterocycles. The van der Waals surface area contributed by atoms with Crippen LogP contribution in [0.1, 0.15) is 24.5 Å². The first-order valence-corrected chi connectivity index (χ1v) is 11.2. The van der Waals surface area contributed by atoms with Crippen molar-refractivity contribution in [2.24, 2.45) is 5.10 Å². The molecule has 2 N–H and O–H groups in total. The van der Waals surface area contributed by atoms with E-state index in [9.17, 15) is 9.59 Å². The second-order valence-corrected chi connectivity index (χ2v) is 7.86. The van der Waals surface area contributed by atoms with Gasteiger partial charge in [-0.1, -0.05) is 41.4 Å². The molecule has 0 aliphatic carbocycles. The Bertz CT molecular complexity index is 1170. The molecule has 0 saturated carbocycles. The van der Waals surface area contributed by atoms with E-state index in [1.54, 1.807) is 48.5 Å². The lowest BCUT2D eigenvalue weighted by Gasteiger charge is -2.09. The van der Waals surface area contributed by atoms with Crippen LogP contribution >= 0.6 is 23.2 Å². The minimum Gasteiger partial charge on any atom is -0.494 e. The van der Waals surface area contributed by atoms with Crippen LogP contribution in [-0.4, -0.2) is 24.6 Å². The van der Waals surface area contributed by atoms with Crippen LogP contribution in [0.3, 0.4) is 0 Å². The molecule has 0 spiro atoms. The molecule has 3 rings (SSSR count). The number of ether oxygens (including phenoxy) is 2. The van der Waals surface area contributed by atoms with E-state index in [1.165, 1.54) is 6.21 Å². The molecular weight excluding hydrogens is 477 g/mol. The molecule has 3 aromatic rings. The second-order valence-electron chi connectivity index (χ2n) is 7.05. The van der Waals surface area contributed by atoms with Gasteiger partial charge in [-0.15, -0.1) is 0 Å². The number of halogens is 2. The largest absolute Gasteiger partial charge is 0.494 e. The summed E-state index contributed by atoms with van der Waals surface area (Å²) < 4.78 is 11.2. The predicted molar refractivity (Wildman–Crippen MR) is 134 cm³/mol. The average Bonchev–Trinajstić information content (AvgIpc) is 2.82. The SMILES string of the molecule is CCOc1ccc(NC(=O)CC(=O)NN=Cc2ccccc2OCc2ccc(Cl)c(Cl)c2)cc1. The fourth-order valence-corrected chi connectivity index (χ4v) is 3.20. The number of carbonyl (C=O) groups excluding carboxylic acids is 2. The van der Waals surface area contributed by atoms with Crippen molar-refractivity contribution in [2.45, 2.75) is 20.0 Å². The number of nitrogens with one attached hydrogen (secondary N) is 2. The van der Waals surface area contributed by atoms with Crippen molar-refractivity contribution in [3.8, 4) is 11.5 Å². The van der Waals surface area contributed by atoms with Gasteiger partial charge in [0.2, 0.25) is 11.8 Å². The fraction of sp³-hybridized carbons (Fsp3) is 0.160. The summed E-state index contributed by atoms with van der Waals surface area (Å²) in [5.74, 6) is 0.268. The van der Waals surface area contributed by atoms with E-state index in [-0.39, 0.29) is 13.0 Å². The molecule has 0 saturated heterocycles. The smallest absolute Gasteiger partial charge is 0.249 e. The average molecular weight is 500 g/mol. The van der Waals surface area contributed by atoms with Gasteiger partial charge >= 0.3 is 0 Å². The van der Waals surface area contributed by atoms with Crippen molar-refractivity contribution in [3.63, 3.8) is 0 Å². The van der Waals surface area contributed by atoms with E-state index in [2.05, 4.69) is 15.8 Å². The maximum absolute atomic E-state index is 12.1. The molecule has 9 heteroatoms. The van der Waals surface area contributed by atoms with Gasteiger partial charge in [0.15, 0.2) is 0 Å². The minimum atomic E-state index is -0.547. The van der Waals surface area contributed by atoms with Crippen molar-refractivity contribution in [1.29, 1.82) is 0 Å². The monoisotopic (exact) mass is 499 g/mol. The van der Waals surface area contributed by atoms with E-state index in [0.717, 1.165) is 5.56 Å². The molecule has 3 aromatic carbocycles. The molecule has 0 fully saturated rings. The Morgan fingerprint density at radius 1 is 0.941 bits per heavy atom. The molecule has 0 atom stereocenters. The molecule has 7 nitrogen and oxygen atoms in total. The summed E-state index contributed by atoms with van der Waals surface area (Å²) >= 11 is 12.0. The Kier molecular flexibility index (Phi) is 9.31. The van der Waals surface area contributed by atoms with Gasteiger partial charge in [0, 0.05) is 11.3 Å². The molecule has 176 valence electrons. The van der Waals surface area contributed by atoms with Crippen LogP contribution in [0.25, 0.3) is 0 Å². The maximum atomic E-state index is 12.1. The molecule has 0 unspecified atom stereocenters. The summed E-state index contributed by atoms with van der Waals surface area (Å²) in [7, 11) is 0. The Hall–Kier alpha value is -3.55. The van der Waals surface area contributed by atoms with Crippen molar-refractivity contribution in [1.82, 2.24) is 5.43 Å². The number of rotatable bonds is 10. The zero-order valence-corrected chi connectivity index (χ0v) is 19.9. The van der Waals surface area contributed by atoms with Gasteiger partial charge in [0.25, 0.3) is 0 Å². The Balaban J connectivity index is 1.50. The van der Waals surface area contributed by atoms with E-state index < -0.39 is 11.8 Å². The number of anilines is 1. The summed E-state index contributed by atoms with van der Waals surface area (Å²) in [6.45, 7) is 2.72. The van der Waals surface area contributed by atoms with E-state index in [1.807, 2.05) is 25.1 Å². The normalized spacial score (nSPS) is 10.7. The molecule has 0 aromatic heterocycles. The Labute approximate surface area is 207 Å². The summed E-state index contributed by atoms with van der Waals surface area (Å²) in [5, 5.41) is 7.51. The lowest BCUT2D eigenvalue weighted by molar-refractivity contribution is -0.126. The third-order valence-corrected chi connectivity index (χ3v) is 5.20. The van der Waals surface area contributed by atoms with Crippen molar-refractivity contribution in [2.75, 3.05) is 11.9 Å². The first kappa shape index (κ1) is 25.1. The van der Waals surface area contributed by atoms with Crippen molar-refractivity contribution in [3.05, 3.63) is 87.9 Å². The van der Waals surface area contributed by atoms with Crippen LogP contribution in [-0.2, 0) is 16.2 Å². The maximum Gasteiger partial charge on any atom is 0.249 e. The first-order chi connectivity index (χ1) is 16.4. The topological polar surface area (TPSA) is 89.0 Å². The standard InChI is InChI=1S/C25H23Cl2N3O4/c1-2-33-20-10-8-19(9-11-20)29-24(31)14-25(32)30-28-15-18-5-3-4-6-23(18)34-16-17-7-12-21(26)22(27)13-17/h3-13,15H,2,14,16H2,1H3,(H,29,31)(H,30,32). The lowest BCUT2D eigenvalue weighted by atomic mass is 10.2. The van der Waals surface area contributed by atoms with Crippen LogP contribution in [0.5, 0.6) is 11.5 Å². The highest BCUT2D eigenvalue weighted by Crippen LogP contribution is 2.24. The quantitative estimate of drug-likeness (QED) is 0.220. The van der Waals surface area contributed by atoms with Gasteiger partial charge in [-0.2, -0.15) is 5.10 Å². The van der Waals surface area contributed by atoms with Gasteiger partial charge < -0.3 is 14.8 Å². The zero-order valence-electron chi connectivity index (χ0n) is 18.4. The first-order valence-electron chi connectivity index (χ1n) is 10.4. The van der Waals surface area contributed by atoms with Crippen LogP contribution in [0.4, 0.5) is 5.69 Å². The minimum absolute atomic E-state index is 0.278. The van der Waals surface area contributed by atoms with Crippen molar-refractivity contribution < 1.29 is 19.1 Å². The summed E-state index contributed by atoms with van der Waals surface area (Å²) in [4.78, 5) is 24.2. The van der Waals surface area contributed by atoms with E-state index in [0.29, 0.717) is 39.4 Å². The van der Waals surface area contributed by atoms with E-state index >= 15 is 0 Å². The van der Waals surface area contributed by atoms with Gasteiger partial charge in [-0.05, 0) is 61.0 Å². The number of hydrogen-bond donors (Lipinski definition) is 2. The molecule has 0 radical (unpaired) electrons. The van der Waals surface area contributed by atoms with Crippen LogP contribution in [0.15, 0.2) is 71.8 Å². The van der Waals surface area contributed by atoms with Gasteiger partial charge in [0.1, 0.15) is 24.5 Å². The third kappa shape index (κ3) is 7.79. The summed E-state index contributed by atoms with van der Waals surface area (Å²) in [6, 6.07) is 19.4. The molecule has 2 amide bonds. The van der Waals surface area contributed by atoms with Crippen LogP contribution in [0.2, 0.25) is 10.0 Å². The third-order valence-electron chi connectivity index (χ3n) is 4.46. The van der Waals surface area contributed by atoms with Crippen molar-refractivity contribution >= 4 is 46.9 Å². The number of hydrogen-bond acceptors (Lipinski definition) is 5. The number of amides is 2. The Morgan fingerprint density at radius 3 is 2.44 bits per heavy atom. The Morgan fingerprint density at radius 2 is 1.71 bits per heavy atom. The number of benzene rings is 3. The highest BCUT2D eigenvalue weighted by molar-refractivity contribution is 6.42. The molecular formula is C25H23Cl2N3O4. The zero-order chi connectivity index (χ0) is 24.3. The van der Waals surface area contributed by atoms with E-state index in [4.69, 9.17) is 32.7 Å². The number of para-hydroxylation sites is 1.